The molecule has 0 saturated heterocycles. The van der Waals surface area contributed by atoms with Crippen LogP contribution in [0.5, 0.6) is 0 Å². The van der Waals surface area contributed by atoms with E-state index in [0.717, 1.165) is 16.8 Å². The van der Waals surface area contributed by atoms with Gasteiger partial charge in [-0.05, 0) is 62.6 Å². The third-order valence-electron chi connectivity index (χ3n) is 4.29. The summed E-state index contributed by atoms with van der Waals surface area (Å²) in [6.45, 7) is 7.33. The van der Waals surface area contributed by atoms with Crippen molar-refractivity contribution in [2.75, 3.05) is 10.0 Å². The van der Waals surface area contributed by atoms with Crippen molar-refractivity contribution in [2.24, 2.45) is 0 Å². The number of rotatable bonds is 3. The lowest BCUT2D eigenvalue weighted by Crippen LogP contribution is -2.16. The van der Waals surface area contributed by atoms with Crippen molar-refractivity contribution in [2.45, 2.75) is 38.5 Å². The van der Waals surface area contributed by atoms with Crippen LogP contribution in [0.15, 0.2) is 35.2 Å². The van der Waals surface area contributed by atoms with Gasteiger partial charge in [-0.15, -0.1) is 0 Å². The van der Waals surface area contributed by atoms with Gasteiger partial charge in [0.1, 0.15) is 0 Å². The molecule has 5 nitrogen and oxygen atoms in total. The number of fused-ring (bicyclic) bond motifs is 1. The van der Waals surface area contributed by atoms with Gasteiger partial charge in [0.15, 0.2) is 0 Å². The Hall–Kier alpha value is -2.34. The number of hydrogen-bond acceptors (Lipinski definition) is 3. The van der Waals surface area contributed by atoms with Crippen LogP contribution in [-0.2, 0) is 14.8 Å². The van der Waals surface area contributed by atoms with E-state index in [2.05, 4.69) is 10.0 Å². The summed E-state index contributed by atoms with van der Waals surface area (Å²) >= 11 is 0. The standard InChI is InChI=1S/C18H20N2O3S/c1-10-7-11(2)17(12(3)8-10)24(22,23)20-14-5-6-16-15(9-14)13(4)18(21)19-16/h5-9,13,20H,1-4H3,(H,19,21). The number of carbonyl (C=O) groups is 1. The van der Waals surface area contributed by atoms with Gasteiger partial charge in [0.25, 0.3) is 10.0 Å². The minimum atomic E-state index is -3.70. The molecule has 1 aliphatic rings. The Morgan fingerprint density at radius 2 is 1.67 bits per heavy atom. The van der Waals surface area contributed by atoms with Crippen LogP contribution in [-0.4, -0.2) is 14.3 Å². The highest BCUT2D eigenvalue weighted by molar-refractivity contribution is 7.92. The number of hydrogen-bond donors (Lipinski definition) is 2. The topological polar surface area (TPSA) is 75.3 Å². The molecule has 0 aliphatic carbocycles. The second kappa shape index (κ2) is 5.63. The zero-order valence-electron chi connectivity index (χ0n) is 14.1. The molecule has 3 rings (SSSR count). The monoisotopic (exact) mass is 344 g/mol. The van der Waals surface area contributed by atoms with E-state index >= 15 is 0 Å². The molecule has 126 valence electrons. The average molecular weight is 344 g/mol. The zero-order chi connectivity index (χ0) is 17.6. The van der Waals surface area contributed by atoms with E-state index in [-0.39, 0.29) is 11.8 Å². The highest BCUT2D eigenvalue weighted by atomic mass is 32.2. The third kappa shape index (κ3) is 2.78. The normalized spacial score (nSPS) is 16.7. The Morgan fingerprint density at radius 3 is 2.29 bits per heavy atom. The molecule has 0 saturated carbocycles. The van der Waals surface area contributed by atoms with Gasteiger partial charge in [-0.2, -0.15) is 0 Å². The summed E-state index contributed by atoms with van der Waals surface area (Å²) in [6, 6.07) is 8.81. The molecule has 0 bridgehead atoms. The Kier molecular flexibility index (Phi) is 3.87. The summed E-state index contributed by atoms with van der Waals surface area (Å²) in [5.41, 5.74) is 4.45. The van der Waals surface area contributed by atoms with Crippen molar-refractivity contribution in [3.8, 4) is 0 Å². The minimum Gasteiger partial charge on any atom is -0.325 e. The summed E-state index contributed by atoms with van der Waals surface area (Å²) < 4.78 is 28.2. The van der Waals surface area contributed by atoms with Crippen LogP contribution in [0.25, 0.3) is 0 Å². The van der Waals surface area contributed by atoms with Gasteiger partial charge < -0.3 is 5.32 Å². The quantitative estimate of drug-likeness (QED) is 0.895. The van der Waals surface area contributed by atoms with Gasteiger partial charge in [-0.3, -0.25) is 9.52 Å². The first-order valence-electron chi connectivity index (χ1n) is 7.74. The van der Waals surface area contributed by atoms with Crippen molar-refractivity contribution >= 4 is 27.3 Å². The summed E-state index contributed by atoms with van der Waals surface area (Å²) in [5.74, 6) is -0.359. The average Bonchev–Trinajstić information content (AvgIpc) is 2.72. The number of nitrogens with one attached hydrogen (secondary N) is 2. The van der Waals surface area contributed by atoms with Crippen molar-refractivity contribution < 1.29 is 13.2 Å². The van der Waals surface area contributed by atoms with Gasteiger partial charge in [-0.1, -0.05) is 17.7 Å². The fourth-order valence-corrected chi connectivity index (χ4v) is 4.78. The second-order valence-electron chi connectivity index (χ2n) is 6.35. The van der Waals surface area contributed by atoms with Crippen molar-refractivity contribution in [3.05, 3.63) is 52.6 Å². The molecule has 1 amide bonds. The van der Waals surface area contributed by atoms with E-state index in [4.69, 9.17) is 0 Å². The van der Waals surface area contributed by atoms with Crippen LogP contribution >= 0.6 is 0 Å². The summed E-state index contributed by atoms with van der Waals surface area (Å²) in [5, 5.41) is 2.78. The first-order chi connectivity index (χ1) is 11.2. The van der Waals surface area contributed by atoms with E-state index in [1.807, 2.05) is 19.1 Å². The minimum absolute atomic E-state index is 0.0739. The molecule has 2 N–H and O–H groups in total. The molecule has 1 aliphatic heterocycles. The number of amides is 1. The maximum Gasteiger partial charge on any atom is 0.262 e. The Bertz CT molecular complexity index is 926. The van der Waals surface area contributed by atoms with Crippen LogP contribution in [0.3, 0.4) is 0 Å². The Morgan fingerprint density at radius 1 is 1.04 bits per heavy atom. The summed E-state index contributed by atoms with van der Waals surface area (Å²) in [7, 11) is -3.70. The van der Waals surface area contributed by atoms with Gasteiger partial charge in [0.2, 0.25) is 5.91 Å². The van der Waals surface area contributed by atoms with E-state index in [0.29, 0.717) is 21.7 Å². The number of carbonyl (C=O) groups excluding carboxylic acids is 1. The van der Waals surface area contributed by atoms with Gasteiger partial charge in [-0.25, -0.2) is 8.42 Å². The molecule has 1 unspecified atom stereocenters. The molecule has 0 aromatic heterocycles. The fourth-order valence-electron chi connectivity index (χ4n) is 3.28. The molecule has 24 heavy (non-hydrogen) atoms. The molecular formula is C18H20N2O3S. The first-order valence-corrected chi connectivity index (χ1v) is 9.23. The van der Waals surface area contributed by atoms with Crippen LogP contribution in [0.4, 0.5) is 11.4 Å². The molecule has 2 aromatic carbocycles. The lowest BCUT2D eigenvalue weighted by Gasteiger charge is -2.14. The Labute approximate surface area is 142 Å². The molecule has 0 radical (unpaired) electrons. The van der Waals surface area contributed by atoms with E-state index in [9.17, 15) is 13.2 Å². The van der Waals surface area contributed by atoms with Crippen LogP contribution in [0.1, 0.15) is 35.1 Å². The number of aryl methyl sites for hydroxylation is 3. The number of sulfonamides is 1. The fraction of sp³-hybridized carbons (Fsp3) is 0.278. The largest absolute Gasteiger partial charge is 0.325 e. The molecule has 1 atom stereocenters. The number of benzene rings is 2. The van der Waals surface area contributed by atoms with Crippen LogP contribution in [0.2, 0.25) is 0 Å². The molecule has 2 aromatic rings. The molecule has 1 heterocycles. The van der Waals surface area contributed by atoms with Gasteiger partial charge in [0, 0.05) is 11.4 Å². The smallest absolute Gasteiger partial charge is 0.262 e. The predicted octanol–water partition coefficient (Wildman–Crippen LogP) is 3.47. The lowest BCUT2D eigenvalue weighted by molar-refractivity contribution is -0.116. The van der Waals surface area contributed by atoms with Gasteiger partial charge in [0.05, 0.1) is 10.8 Å². The highest BCUT2D eigenvalue weighted by Crippen LogP contribution is 2.35. The van der Waals surface area contributed by atoms with Crippen molar-refractivity contribution in [1.29, 1.82) is 0 Å². The Balaban J connectivity index is 1.99. The van der Waals surface area contributed by atoms with Crippen LogP contribution in [0, 0.1) is 20.8 Å². The van der Waals surface area contributed by atoms with E-state index < -0.39 is 10.0 Å². The molecule has 6 heteroatoms. The van der Waals surface area contributed by atoms with Gasteiger partial charge >= 0.3 is 0 Å². The number of anilines is 2. The maximum atomic E-state index is 12.8. The van der Waals surface area contributed by atoms with E-state index in [1.165, 1.54) is 0 Å². The molecular weight excluding hydrogens is 324 g/mol. The highest BCUT2D eigenvalue weighted by Gasteiger charge is 2.27. The van der Waals surface area contributed by atoms with Crippen LogP contribution < -0.4 is 10.0 Å². The maximum absolute atomic E-state index is 12.8. The lowest BCUT2D eigenvalue weighted by atomic mass is 10.0. The summed E-state index contributed by atoms with van der Waals surface area (Å²) in [6.07, 6.45) is 0. The third-order valence-corrected chi connectivity index (χ3v) is 5.98. The van der Waals surface area contributed by atoms with E-state index in [1.54, 1.807) is 39.0 Å². The zero-order valence-corrected chi connectivity index (χ0v) is 14.9. The van der Waals surface area contributed by atoms with Crippen molar-refractivity contribution in [1.82, 2.24) is 0 Å². The SMILES string of the molecule is Cc1cc(C)c(S(=O)(=O)Nc2ccc3c(c2)C(C)C(=O)N3)c(C)c1. The molecule has 0 fully saturated rings. The molecule has 0 spiro atoms. The predicted molar refractivity (Wildman–Crippen MR) is 94.9 cm³/mol. The summed E-state index contributed by atoms with van der Waals surface area (Å²) in [4.78, 5) is 12.0. The first kappa shape index (κ1) is 16.5. The second-order valence-corrected chi connectivity index (χ2v) is 7.97. The van der Waals surface area contributed by atoms with Crippen molar-refractivity contribution in [3.63, 3.8) is 0 Å².